The van der Waals surface area contributed by atoms with Gasteiger partial charge in [-0.05, 0) is 12.1 Å². The van der Waals surface area contributed by atoms with Crippen molar-refractivity contribution in [3.63, 3.8) is 0 Å². The molecule has 0 unspecified atom stereocenters. The minimum absolute atomic E-state index is 0.182. The lowest BCUT2D eigenvalue weighted by atomic mass is 10.0. The van der Waals surface area contributed by atoms with E-state index in [2.05, 4.69) is 5.16 Å². The normalized spacial score (nSPS) is 18.1. The largest absolute Gasteiger partial charge is 0.489 e. The summed E-state index contributed by atoms with van der Waals surface area (Å²) < 4.78 is 18.2. The predicted octanol–water partition coefficient (Wildman–Crippen LogP) is 1.79. The van der Waals surface area contributed by atoms with E-state index in [-0.39, 0.29) is 5.75 Å². The Hall–Kier alpha value is -1.58. The molecule has 13 heavy (non-hydrogen) atoms. The summed E-state index contributed by atoms with van der Waals surface area (Å²) in [5, 5.41) is 11.7. The lowest BCUT2D eigenvalue weighted by molar-refractivity contribution is 0.289. The Bertz CT molecular complexity index is 363. The monoisotopic (exact) mass is 181 g/mol. The Kier molecular flexibility index (Phi) is 1.88. The molecule has 4 heteroatoms. The third kappa shape index (κ3) is 1.24. The van der Waals surface area contributed by atoms with E-state index in [4.69, 9.17) is 9.94 Å². The van der Waals surface area contributed by atoms with Crippen LogP contribution < -0.4 is 4.74 Å². The van der Waals surface area contributed by atoms with E-state index in [1.54, 1.807) is 12.1 Å². The van der Waals surface area contributed by atoms with Crippen molar-refractivity contribution < 1.29 is 14.3 Å². The van der Waals surface area contributed by atoms with Gasteiger partial charge in [-0.2, -0.15) is 0 Å². The molecule has 1 aromatic rings. The van der Waals surface area contributed by atoms with E-state index in [0.717, 1.165) is 0 Å². The Morgan fingerprint density at radius 3 is 3.08 bits per heavy atom. The van der Waals surface area contributed by atoms with E-state index >= 15 is 0 Å². The van der Waals surface area contributed by atoms with Gasteiger partial charge in [0.05, 0.1) is 12.3 Å². The van der Waals surface area contributed by atoms with Crippen LogP contribution in [0.15, 0.2) is 23.4 Å². The summed E-state index contributed by atoms with van der Waals surface area (Å²) in [6.45, 7) is 0.354. The first-order chi connectivity index (χ1) is 6.33. The second-order valence-corrected chi connectivity index (χ2v) is 2.76. The molecular formula is C9H8FNO2. The molecule has 0 saturated heterocycles. The first-order valence-corrected chi connectivity index (χ1v) is 3.95. The molecule has 0 radical (unpaired) electrons. The van der Waals surface area contributed by atoms with E-state index in [1.165, 1.54) is 6.07 Å². The first kappa shape index (κ1) is 8.04. The van der Waals surface area contributed by atoms with Gasteiger partial charge < -0.3 is 9.94 Å². The van der Waals surface area contributed by atoms with Gasteiger partial charge in [0.15, 0.2) is 11.6 Å². The zero-order valence-corrected chi connectivity index (χ0v) is 6.83. The molecule has 1 N–H and O–H groups in total. The van der Waals surface area contributed by atoms with Crippen molar-refractivity contribution in [1.29, 1.82) is 0 Å². The maximum atomic E-state index is 13.1. The van der Waals surface area contributed by atoms with Gasteiger partial charge in [-0.15, -0.1) is 0 Å². The zero-order chi connectivity index (χ0) is 9.26. The lowest BCUT2D eigenvalue weighted by Crippen LogP contribution is -2.17. The van der Waals surface area contributed by atoms with Crippen LogP contribution in [-0.4, -0.2) is 17.5 Å². The second kappa shape index (κ2) is 3.05. The molecule has 0 aliphatic carbocycles. The molecule has 0 spiro atoms. The van der Waals surface area contributed by atoms with Gasteiger partial charge in [0.2, 0.25) is 0 Å². The molecule has 68 valence electrons. The molecule has 0 saturated carbocycles. The van der Waals surface area contributed by atoms with Crippen LogP contribution in [0.25, 0.3) is 0 Å². The van der Waals surface area contributed by atoms with Gasteiger partial charge in [-0.3, -0.25) is 0 Å². The van der Waals surface area contributed by atoms with Gasteiger partial charge >= 0.3 is 0 Å². The number of halogens is 1. The van der Waals surface area contributed by atoms with Crippen molar-refractivity contribution in [3.8, 4) is 5.75 Å². The molecule has 3 nitrogen and oxygen atoms in total. The fraction of sp³-hybridized carbons (Fsp3) is 0.222. The van der Waals surface area contributed by atoms with Crippen molar-refractivity contribution in [1.82, 2.24) is 0 Å². The Morgan fingerprint density at radius 1 is 1.46 bits per heavy atom. The van der Waals surface area contributed by atoms with Crippen LogP contribution in [0.1, 0.15) is 12.0 Å². The second-order valence-electron chi connectivity index (χ2n) is 2.76. The quantitative estimate of drug-likeness (QED) is 0.489. The molecule has 1 aliphatic heterocycles. The minimum Gasteiger partial charge on any atom is -0.489 e. The van der Waals surface area contributed by atoms with Crippen molar-refractivity contribution in [3.05, 3.63) is 29.6 Å². The summed E-state index contributed by atoms with van der Waals surface area (Å²) in [7, 11) is 0. The zero-order valence-electron chi connectivity index (χ0n) is 6.83. The smallest absolute Gasteiger partial charge is 0.165 e. The number of ether oxygens (including phenoxy) is 1. The highest BCUT2D eigenvalue weighted by atomic mass is 19.1. The third-order valence-electron chi connectivity index (χ3n) is 1.98. The Balaban J connectivity index is 2.58. The molecule has 0 amide bonds. The summed E-state index contributed by atoms with van der Waals surface area (Å²) in [4.78, 5) is 0. The fourth-order valence-corrected chi connectivity index (χ4v) is 1.37. The van der Waals surface area contributed by atoms with Crippen LogP contribution in [0.5, 0.6) is 5.75 Å². The van der Waals surface area contributed by atoms with E-state index in [9.17, 15) is 4.39 Å². The number of oxime groups is 1. The lowest BCUT2D eigenvalue weighted by Gasteiger charge is -2.17. The number of benzene rings is 1. The maximum absolute atomic E-state index is 13.1. The topological polar surface area (TPSA) is 41.8 Å². The number of rotatable bonds is 0. The summed E-state index contributed by atoms with van der Waals surface area (Å²) in [6.07, 6.45) is 0.507. The van der Waals surface area contributed by atoms with Crippen molar-refractivity contribution in [2.45, 2.75) is 6.42 Å². The SMILES string of the molecule is ON=C1CCOc2c(F)cccc21. The molecular weight excluding hydrogens is 173 g/mol. The van der Waals surface area contributed by atoms with Crippen molar-refractivity contribution in [2.24, 2.45) is 5.16 Å². The number of para-hydroxylation sites is 1. The van der Waals surface area contributed by atoms with Crippen molar-refractivity contribution >= 4 is 5.71 Å². The van der Waals surface area contributed by atoms with Gasteiger partial charge in [-0.1, -0.05) is 11.2 Å². The number of hydrogen-bond acceptors (Lipinski definition) is 3. The van der Waals surface area contributed by atoms with Crippen LogP contribution in [0.2, 0.25) is 0 Å². The van der Waals surface area contributed by atoms with E-state index in [0.29, 0.717) is 24.3 Å². The predicted molar refractivity (Wildman–Crippen MR) is 44.8 cm³/mol. The third-order valence-corrected chi connectivity index (χ3v) is 1.98. The van der Waals surface area contributed by atoms with E-state index < -0.39 is 5.82 Å². The average molecular weight is 181 g/mol. The molecule has 1 aliphatic rings. The van der Waals surface area contributed by atoms with Crippen LogP contribution in [0.3, 0.4) is 0 Å². The summed E-state index contributed by atoms with van der Waals surface area (Å²) >= 11 is 0. The molecule has 2 rings (SSSR count). The summed E-state index contributed by atoms with van der Waals surface area (Å²) in [6, 6.07) is 4.56. The number of nitrogens with zero attached hydrogens (tertiary/aromatic N) is 1. The highest BCUT2D eigenvalue weighted by molar-refractivity contribution is 6.03. The summed E-state index contributed by atoms with van der Waals surface area (Å²) in [5.41, 5.74) is 1.01. The standard InChI is InChI=1S/C9H8FNO2/c10-7-3-1-2-6-8(11-12)4-5-13-9(6)7/h1-3,12H,4-5H2. The van der Waals surface area contributed by atoms with Crippen molar-refractivity contribution in [2.75, 3.05) is 6.61 Å². The van der Waals surface area contributed by atoms with Crippen LogP contribution in [0, 0.1) is 5.82 Å². The summed E-state index contributed by atoms with van der Waals surface area (Å²) in [5.74, 6) is -0.236. The molecule has 1 aromatic carbocycles. The number of fused-ring (bicyclic) bond motifs is 1. The molecule has 0 fully saturated rings. The van der Waals surface area contributed by atoms with Crippen LogP contribution in [-0.2, 0) is 0 Å². The van der Waals surface area contributed by atoms with Crippen LogP contribution >= 0.6 is 0 Å². The first-order valence-electron chi connectivity index (χ1n) is 3.95. The minimum atomic E-state index is -0.418. The number of hydrogen-bond donors (Lipinski definition) is 1. The van der Waals surface area contributed by atoms with E-state index in [1.807, 2.05) is 0 Å². The molecule has 1 heterocycles. The van der Waals surface area contributed by atoms with Gasteiger partial charge in [0.25, 0.3) is 0 Å². The Labute approximate surface area is 74.4 Å². The molecule has 0 aromatic heterocycles. The highest BCUT2D eigenvalue weighted by Gasteiger charge is 2.19. The van der Waals surface area contributed by atoms with Gasteiger partial charge in [-0.25, -0.2) is 4.39 Å². The highest BCUT2D eigenvalue weighted by Crippen LogP contribution is 2.27. The van der Waals surface area contributed by atoms with Crippen LogP contribution in [0.4, 0.5) is 4.39 Å². The molecule has 0 atom stereocenters. The molecule has 0 bridgehead atoms. The Morgan fingerprint density at radius 2 is 2.31 bits per heavy atom. The average Bonchev–Trinajstić information content (AvgIpc) is 2.18. The van der Waals surface area contributed by atoms with Gasteiger partial charge in [0.1, 0.15) is 0 Å². The fourth-order valence-electron chi connectivity index (χ4n) is 1.37. The van der Waals surface area contributed by atoms with Gasteiger partial charge in [0, 0.05) is 12.0 Å². The maximum Gasteiger partial charge on any atom is 0.165 e.